The van der Waals surface area contributed by atoms with Crippen LogP contribution in [0.4, 0.5) is 4.79 Å². The Balaban J connectivity index is 1.44. The van der Waals surface area contributed by atoms with Gasteiger partial charge in [-0.05, 0) is 68.6 Å². The summed E-state index contributed by atoms with van der Waals surface area (Å²) in [6.07, 6.45) is 6.74. The fourth-order valence-corrected chi connectivity index (χ4v) is 10.1. The summed E-state index contributed by atoms with van der Waals surface area (Å²) in [5.41, 5.74) is 2.54. The van der Waals surface area contributed by atoms with Gasteiger partial charge in [0.15, 0.2) is 11.6 Å². The summed E-state index contributed by atoms with van der Waals surface area (Å²) in [5.74, 6) is -3.75. The predicted molar refractivity (Wildman–Crippen MR) is 187 cm³/mol. The van der Waals surface area contributed by atoms with Crippen LogP contribution < -0.4 is 11.1 Å². The molecule has 2 spiro atoms. The number of hydrogen-bond acceptors (Lipinski definition) is 8. The number of primary amides is 1. The molecule has 5 aliphatic rings. The molecule has 4 atom stereocenters. The average molecular weight is 700 g/mol. The van der Waals surface area contributed by atoms with Gasteiger partial charge >= 0.3 is 6.09 Å². The van der Waals surface area contributed by atoms with Gasteiger partial charge in [0.1, 0.15) is 11.1 Å². The molecule has 0 radical (unpaired) electrons. The normalized spacial score (nSPS) is 27.8. The van der Waals surface area contributed by atoms with Crippen LogP contribution in [0, 0.1) is 39.4 Å². The van der Waals surface area contributed by atoms with Crippen molar-refractivity contribution in [1.29, 1.82) is 0 Å². The molecule has 1 unspecified atom stereocenters. The van der Waals surface area contributed by atoms with Gasteiger partial charge < -0.3 is 25.4 Å². The number of ether oxygens (including phenoxy) is 2. The minimum absolute atomic E-state index is 0.0540. The van der Waals surface area contributed by atoms with Crippen LogP contribution in [0.1, 0.15) is 132 Å². The molecule has 3 amide bonds. The van der Waals surface area contributed by atoms with Crippen LogP contribution in [0.3, 0.4) is 0 Å². The minimum Gasteiger partial charge on any atom is -0.444 e. The van der Waals surface area contributed by atoms with Gasteiger partial charge in [-0.1, -0.05) is 60.3 Å². The zero-order valence-corrected chi connectivity index (χ0v) is 31.7. The van der Waals surface area contributed by atoms with E-state index in [4.69, 9.17) is 15.2 Å². The van der Waals surface area contributed by atoms with Gasteiger partial charge in [0.25, 0.3) is 5.91 Å². The number of nitrogens with zero attached hydrogens (tertiary/aromatic N) is 1. The summed E-state index contributed by atoms with van der Waals surface area (Å²) < 4.78 is 11.1. The van der Waals surface area contributed by atoms with Crippen molar-refractivity contribution >= 4 is 35.3 Å². The number of carbonyl (C=O) groups is 6. The Morgan fingerprint density at radius 1 is 0.900 bits per heavy atom. The molecule has 50 heavy (non-hydrogen) atoms. The van der Waals surface area contributed by atoms with Crippen LogP contribution in [0.2, 0.25) is 0 Å². The lowest BCUT2D eigenvalue weighted by Crippen LogP contribution is -2.59. The lowest BCUT2D eigenvalue weighted by Gasteiger charge is -2.40. The highest BCUT2D eigenvalue weighted by Crippen LogP contribution is 2.88. The van der Waals surface area contributed by atoms with Gasteiger partial charge in [0.05, 0.1) is 6.04 Å². The van der Waals surface area contributed by atoms with Crippen molar-refractivity contribution in [3.63, 3.8) is 0 Å². The maximum atomic E-state index is 15.0. The second kappa shape index (κ2) is 13.3. The zero-order chi connectivity index (χ0) is 37.1. The molecule has 5 fully saturated rings. The molecule has 3 aliphatic carbocycles. The quantitative estimate of drug-likeness (QED) is 0.260. The molecule has 3 saturated carbocycles. The molecular weight excluding hydrogens is 638 g/mol. The fraction of sp³-hybridized carbons (Fsp3) is 0.846. The number of fused-ring (bicyclic) bond motifs is 1. The third-order valence-corrected chi connectivity index (χ3v) is 13.7. The SMILES string of the molecule is CC(C)(C)OC(=O)NC1(C(=O)C[C@H](C(=O)N2C[C@]3(C[C@H]2C(=O)CC(CC2CCC2)C(=O)C(N)=O)C(C)(C)C32CCC2)C(C)(C)C)CCOCC1. The van der Waals surface area contributed by atoms with Crippen molar-refractivity contribution in [2.24, 2.45) is 45.1 Å². The molecule has 280 valence electrons. The van der Waals surface area contributed by atoms with E-state index in [9.17, 15) is 28.8 Å². The van der Waals surface area contributed by atoms with Crippen molar-refractivity contribution in [2.75, 3.05) is 19.8 Å². The van der Waals surface area contributed by atoms with E-state index in [-0.39, 0.29) is 78.5 Å². The molecule has 2 aliphatic heterocycles. The van der Waals surface area contributed by atoms with Gasteiger partial charge in [-0.25, -0.2) is 4.79 Å². The summed E-state index contributed by atoms with van der Waals surface area (Å²) in [7, 11) is 0. The van der Waals surface area contributed by atoms with Crippen molar-refractivity contribution in [2.45, 2.75) is 150 Å². The van der Waals surface area contributed by atoms with E-state index in [1.54, 1.807) is 25.7 Å². The van der Waals surface area contributed by atoms with Gasteiger partial charge in [-0.15, -0.1) is 0 Å². The molecule has 0 aromatic heterocycles. The lowest BCUT2D eigenvalue weighted by molar-refractivity contribution is -0.148. The molecule has 0 bridgehead atoms. The van der Waals surface area contributed by atoms with Gasteiger partial charge in [-0.3, -0.25) is 24.0 Å². The molecule has 2 saturated heterocycles. The number of amides is 3. The van der Waals surface area contributed by atoms with Gasteiger partial charge in [-0.2, -0.15) is 0 Å². The summed E-state index contributed by atoms with van der Waals surface area (Å²) >= 11 is 0. The summed E-state index contributed by atoms with van der Waals surface area (Å²) in [5, 5.41) is 2.87. The number of carbonyl (C=O) groups excluding carboxylic acids is 6. The van der Waals surface area contributed by atoms with Crippen LogP contribution in [-0.4, -0.2) is 77.1 Å². The number of alkyl carbamates (subject to hydrolysis) is 1. The third-order valence-electron chi connectivity index (χ3n) is 13.7. The Morgan fingerprint density at radius 2 is 1.52 bits per heavy atom. The first-order chi connectivity index (χ1) is 23.1. The molecule has 2 heterocycles. The highest BCUT2D eigenvalue weighted by Gasteiger charge is 2.85. The standard InChI is InChI=1S/C39H61N3O8/c1-34(2,3)26(21-29(44)37(15-17-49-18-16-37)41-33(48)50-35(4,5)6)32(47)42-23-39(36(7,8)38(39)13-10-14-38)22-27(42)28(43)20-25(30(45)31(40)46)19-24-11-9-12-24/h24-27H,9-23H2,1-8H3,(H2,40,46)(H,41,48)/t25?,26-,27+,39-/m1/s1. The van der Waals surface area contributed by atoms with Crippen molar-refractivity contribution in [1.82, 2.24) is 10.2 Å². The monoisotopic (exact) mass is 699 g/mol. The van der Waals surface area contributed by atoms with E-state index in [0.29, 0.717) is 19.4 Å². The number of likely N-dealkylation sites (tertiary alicyclic amines) is 1. The molecule has 3 N–H and O–H groups in total. The maximum Gasteiger partial charge on any atom is 0.408 e. The number of nitrogens with two attached hydrogens (primary N) is 1. The summed E-state index contributed by atoms with van der Waals surface area (Å²) in [4.78, 5) is 83.6. The van der Waals surface area contributed by atoms with E-state index < -0.39 is 52.2 Å². The predicted octanol–water partition coefficient (Wildman–Crippen LogP) is 5.30. The van der Waals surface area contributed by atoms with E-state index in [1.807, 2.05) is 20.8 Å². The Kier molecular flexibility index (Phi) is 10.2. The Bertz CT molecular complexity index is 1390. The molecule has 11 nitrogen and oxygen atoms in total. The largest absolute Gasteiger partial charge is 0.444 e. The Morgan fingerprint density at radius 3 is 1.98 bits per heavy atom. The van der Waals surface area contributed by atoms with E-state index in [2.05, 4.69) is 19.2 Å². The number of Topliss-reactive ketones (excluding diaryl/α,β-unsaturated/α-hetero) is 3. The Labute approximate surface area is 297 Å². The first-order valence-corrected chi connectivity index (χ1v) is 18.9. The molecule has 5 rings (SSSR count). The van der Waals surface area contributed by atoms with Gasteiger partial charge in [0.2, 0.25) is 11.7 Å². The highest BCUT2D eigenvalue weighted by molar-refractivity contribution is 6.36. The number of nitrogens with one attached hydrogen (secondary N) is 1. The van der Waals surface area contributed by atoms with Crippen LogP contribution in [-0.2, 0) is 33.4 Å². The smallest absolute Gasteiger partial charge is 0.408 e. The summed E-state index contributed by atoms with van der Waals surface area (Å²) in [6, 6.07) is -0.761. The van der Waals surface area contributed by atoms with Crippen molar-refractivity contribution in [3.05, 3.63) is 0 Å². The topological polar surface area (TPSA) is 162 Å². The number of rotatable bonds is 12. The maximum absolute atomic E-state index is 15.0. The van der Waals surface area contributed by atoms with Crippen LogP contribution in [0.15, 0.2) is 0 Å². The van der Waals surface area contributed by atoms with Crippen LogP contribution >= 0.6 is 0 Å². The molecule has 0 aromatic rings. The third kappa shape index (κ3) is 6.76. The highest BCUT2D eigenvalue weighted by atomic mass is 16.6. The zero-order valence-electron chi connectivity index (χ0n) is 31.7. The minimum atomic E-state index is -1.25. The fourth-order valence-electron chi connectivity index (χ4n) is 10.1. The van der Waals surface area contributed by atoms with Crippen LogP contribution in [0.25, 0.3) is 0 Å². The second-order valence-corrected chi connectivity index (χ2v) is 18.8. The number of ketones is 3. The molecular formula is C39H61N3O8. The molecule has 0 aromatic carbocycles. The van der Waals surface area contributed by atoms with E-state index in [0.717, 1.165) is 38.5 Å². The Hall–Kier alpha value is -2.82. The van der Waals surface area contributed by atoms with Crippen molar-refractivity contribution < 1.29 is 38.2 Å². The number of hydrogen-bond donors (Lipinski definition) is 2. The van der Waals surface area contributed by atoms with Crippen LogP contribution in [0.5, 0.6) is 0 Å². The first-order valence-electron chi connectivity index (χ1n) is 18.9. The van der Waals surface area contributed by atoms with Crippen molar-refractivity contribution in [3.8, 4) is 0 Å². The van der Waals surface area contributed by atoms with E-state index >= 15 is 0 Å². The summed E-state index contributed by atoms with van der Waals surface area (Å²) in [6.45, 7) is 16.5. The lowest BCUT2D eigenvalue weighted by atomic mass is 9.72. The first kappa shape index (κ1) is 38.4. The van der Waals surface area contributed by atoms with E-state index in [1.165, 1.54) is 0 Å². The van der Waals surface area contributed by atoms with Gasteiger partial charge in [0, 0.05) is 62.7 Å². The molecule has 11 heteroatoms. The second-order valence-electron chi connectivity index (χ2n) is 18.8. The average Bonchev–Trinajstić information content (AvgIpc) is 3.18.